The fraction of sp³-hybridized carbons (Fsp3) is 0.148. The fourth-order valence-corrected chi connectivity index (χ4v) is 3.53. The van der Waals surface area contributed by atoms with Gasteiger partial charge in [0.2, 0.25) is 5.95 Å². The first-order valence-corrected chi connectivity index (χ1v) is 11.2. The van der Waals surface area contributed by atoms with Crippen molar-refractivity contribution in [3.8, 4) is 17.0 Å². The Balaban J connectivity index is 1.46. The first kappa shape index (κ1) is 25.6. The van der Waals surface area contributed by atoms with Gasteiger partial charge in [-0.15, -0.1) is 13.2 Å². The highest BCUT2D eigenvalue weighted by molar-refractivity contribution is 6.04. The Bertz CT molecular complexity index is 1410. The van der Waals surface area contributed by atoms with Crippen LogP contribution in [0.25, 0.3) is 11.3 Å². The van der Waals surface area contributed by atoms with Gasteiger partial charge in [-0.05, 0) is 85.6 Å². The molecule has 0 aliphatic rings. The van der Waals surface area contributed by atoms with E-state index in [2.05, 4.69) is 25.3 Å². The predicted octanol–water partition coefficient (Wildman–Crippen LogP) is 6.15. The summed E-state index contributed by atoms with van der Waals surface area (Å²) in [6.45, 7) is 3.52. The van der Waals surface area contributed by atoms with Gasteiger partial charge in [-0.3, -0.25) is 4.79 Å². The van der Waals surface area contributed by atoms with Gasteiger partial charge in [0.15, 0.2) is 0 Å². The summed E-state index contributed by atoms with van der Waals surface area (Å²) in [6, 6.07) is 19.2. The number of aliphatic hydroxyl groups is 1. The molecule has 0 fully saturated rings. The number of alkyl halides is 3. The number of benzene rings is 3. The number of nitrogens with zero attached hydrogens (tertiary/aromatic N) is 2. The van der Waals surface area contributed by atoms with Gasteiger partial charge in [0, 0.05) is 28.2 Å². The molecule has 0 aliphatic heterocycles. The Morgan fingerprint density at radius 1 is 0.946 bits per heavy atom. The van der Waals surface area contributed by atoms with E-state index in [1.54, 1.807) is 49.4 Å². The topological polar surface area (TPSA) is 96.4 Å². The van der Waals surface area contributed by atoms with Crippen molar-refractivity contribution in [2.75, 3.05) is 10.6 Å². The molecule has 1 amide bonds. The fourth-order valence-electron chi connectivity index (χ4n) is 3.53. The maximum absolute atomic E-state index is 12.7. The van der Waals surface area contributed by atoms with E-state index in [1.807, 2.05) is 13.0 Å². The second kappa shape index (κ2) is 10.7. The first-order valence-electron chi connectivity index (χ1n) is 11.2. The number of halogens is 3. The maximum Gasteiger partial charge on any atom is 0.573 e. The minimum atomic E-state index is -4.76. The van der Waals surface area contributed by atoms with E-state index in [1.165, 1.54) is 24.3 Å². The van der Waals surface area contributed by atoms with Crippen molar-refractivity contribution in [3.05, 3.63) is 95.2 Å². The molecule has 190 valence electrons. The third-order valence-corrected chi connectivity index (χ3v) is 5.37. The van der Waals surface area contributed by atoms with Gasteiger partial charge in [-0.1, -0.05) is 12.1 Å². The van der Waals surface area contributed by atoms with Crippen LogP contribution in [0, 0.1) is 13.8 Å². The molecule has 0 saturated carbocycles. The lowest BCUT2D eigenvalue weighted by molar-refractivity contribution is -0.274. The molecule has 0 saturated heterocycles. The molecule has 10 heteroatoms. The van der Waals surface area contributed by atoms with Crippen LogP contribution in [-0.4, -0.2) is 27.3 Å². The molecule has 0 radical (unpaired) electrons. The number of nitrogens with one attached hydrogen (secondary N) is 2. The molecule has 37 heavy (non-hydrogen) atoms. The smallest absolute Gasteiger partial charge is 0.406 e. The monoisotopic (exact) mass is 508 g/mol. The number of aromatic nitrogens is 2. The van der Waals surface area contributed by atoms with Gasteiger partial charge in [0.05, 0.1) is 12.3 Å². The van der Waals surface area contributed by atoms with E-state index >= 15 is 0 Å². The average Bonchev–Trinajstić information content (AvgIpc) is 2.85. The van der Waals surface area contributed by atoms with Crippen LogP contribution in [0.4, 0.5) is 30.5 Å². The number of hydrogen-bond donors (Lipinski definition) is 3. The third kappa shape index (κ3) is 6.83. The van der Waals surface area contributed by atoms with Crippen LogP contribution in [0.1, 0.15) is 27.2 Å². The molecular formula is C27H23F3N4O3. The first-order chi connectivity index (χ1) is 17.6. The second-order valence-electron chi connectivity index (χ2n) is 8.25. The van der Waals surface area contributed by atoms with Crippen molar-refractivity contribution in [2.45, 2.75) is 26.8 Å². The number of carbonyl (C=O) groups excluding carboxylic acids is 1. The minimum absolute atomic E-state index is 0.121. The van der Waals surface area contributed by atoms with E-state index in [0.717, 1.165) is 5.56 Å². The lowest BCUT2D eigenvalue weighted by Gasteiger charge is -2.12. The molecule has 0 aliphatic carbocycles. The van der Waals surface area contributed by atoms with E-state index in [9.17, 15) is 23.1 Å². The second-order valence-corrected chi connectivity index (χ2v) is 8.25. The Morgan fingerprint density at radius 3 is 2.30 bits per heavy atom. The van der Waals surface area contributed by atoms with Crippen LogP contribution in [0.3, 0.4) is 0 Å². The molecule has 7 nitrogen and oxygen atoms in total. The van der Waals surface area contributed by atoms with E-state index in [-0.39, 0.29) is 18.3 Å². The van der Waals surface area contributed by atoms with Gasteiger partial charge in [-0.2, -0.15) is 0 Å². The molecule has 1 heterocycles. The van der Waals surface area contributed by atoms with Crippen LogP contribution in [0.5, 0.6) is 5.75 Å². The summed E-state index contributed by atoms with van der Waals surface area (Å²) < 4.78 is 41.1. The quantitative estimate of drug-likeness (QED) is 0.277. The van der Waals surface area contributed by atoms with E-state index in [4.69, 9.17) is 0 Å². The lowest BCUT2D eigenvalue weighted by atomic mass is 10.1. The zero-order valence-electron chi connectivity index (χ0n) is 19.9. The molecule has 0 atom stereocenters. The number of rotatable bonds is 7. The standard InChI is InChI=1S/C27H23F3N4O3/c1-16-3-4-18(15-35)14-23(16)33-25(36)20-5-9-21(10-6-20)32-26-31-17(2)13-24(34-26)19-7-11-22(12-8-19)37-27(28,29)30/h3-14,35H,15H2,1-2H3,(H,33,36)(H,31,32,34). The van der Waals surface area contributed by atoms with Gasteiger partial charge < -0.3 is 20.5 Å². The highest BCUT2D eigenvalue weighted by atomic mass is 19.4. The molecule has 0 unspecified atom stereocenters. The largest absolute Gasteiger partial charge is 0.573 e. The van der Waals surface area contributed by atoms with Crippen LogP contribution < -0.4 is 15.4 Å². The van der Waals surface area contributed by atoms with Crippen molar-refractivity contribution in [1.29, 1.82) is 0 Å². The highest BCUT2D eigenvalue weighted by Crippen LogP contribution is 2.27. The predicted molar refractivity (Wildman–Crippen MR) is 134 cm³/mol. The summed E-state index contributed by atoms with van der Waals surface area (Å²) in [4.78, 5) is 21.5. The number of amides is 1. The number of anilines is 3. The Morgan fingerprint density at radius 2 is 1.65 bits per heavy atom. The number of hydrogen-bond acceptors (Lipinski definition) is 6. The van der Waals surface area contributed by atoms with Crippen molar-refractivity contribution in [3.63, 3.8) is 0 Å². The summed E-state index contributed by atoms with van der Waals surface area (Å²) in [7, 11) is 0. The zero-order valence-corrected chi connectivity index (χ0v) is 19.9. The maximum atomic E-state index is 12.7. The molecule has 0 bridgehead atoms. The Labute approximate surface area is 211 Å². The van der Waals surface area contributed by atoms with Crippen molar-refractivity contribution in [2.24, 2.45) is 0 Å². The van der Waals surface area contributed by atoms with Crippen LogP contribution in [-0.2, 0) is 6.61 Å². The molecule has 4 rings (SSSR count). The molecule has 3 N–H and O–H groups in total. The summed E-state index contributed by atoms with van der Waals surface area (Å²) in [5, 5.41) is 15.3. The summed E-state index contributed by atoms with van der Waals surface area (Å²) in [5.41, 5.74) is 5.03. The normalized spacial score (nSPS) is 11.2. The molecule has 0 spiro atoms. The number of aryl methyl sites for hydroxylation is 2. The third-order valence-electron chi connectivity index (χ3n) is 5.37. The van der Waals surface area contributed by atoms with E-state index in [0.29, 0.717) is 45.4 Å². The van der Waals surface area contributed by atoms with Crippen LogP contribution >= 0.6 is 0 Å². The molecule has 3 aromatic carbocycles. The summed E-state index contributed by atoms with van der Waals surface area (Å²) >= 11 is 0. The van der Waals surface area contributed by atoms with E-state index < -0.39 is 6.36 Å². The van der Waals surface area contributed by atoms with Crippen LogP contribution in [0.15, 0.2) is 72.8 Å². The Kier molecular flexibility index (Phi) is 7.40. The minimum Gasteiger partial charge on any atom is -0.406 e. The van der Waals surface area contributed by atoms with Gasteiger partial charge in [-0.25, -0.2) is 9.97 Å². The van der Waals surface area contributed by atoms with Gasteiger partial charge in [0.1, 0.15) is 5.75 Å². The number of aliphatic hydroxyl groups excluding tert-OH is 1. The molecule has 1 aromatic heterocycles. The van der Waals surface area contributed by atoms with Gasteiger partial charge >= 0.3 is 6.36 Å². The SMILES string of the molecule is Cc1cc(-c2ccc(OC(F)(F)F)cc2)nc(Nc2ccc(C(=O)Nc3cc(CO)ccc3C)cc2)n1. The highest BCUT2D eigenvalue weighted by Gasteiger charge is 2.31. The van der Waals surface area contributed by atoms with Crippen LogP contribution in [0.2, 0.25) is 0 Å². The summed E-state index contributed by atoms with van der Waals surface area (Å²) in [5.74, 6) is -0.322. The molecule has 4 aromatic rings. The Hall–Kier alpha value is -4.44. The summed E-state index contributed by atoms with van der Waals surface area (Å²) in [6.07, 6.45) is -4.76. The number of ether oxygens (including phenoxy) is 1. The van der Waals surface area contributed by atoms with Crippen molar-refractivity contribution >= 4 is 23.2 Å². The van der Waals surface area contributed by atoms with Crippen molar-refractivity contribution in [1.82, 2.24) is 9.97 Å². The lowest BCUT2D eigenvalue weighted by Crippen LogP contribution is -2.16. The molecular weight excluding hydrogens is 485 g/mol. The average molecular weight is 509 g/mol. The van der Waals surface area contributed by atoms with Gasteiger partial charge in [0.25, 0.3) is 5.91 Å². The van der Waals surface area contributed by atoms with Crippen molar-refractivity contribution < 1.29 is 27.8 Å². The number of carbonyl (C=O) groups is 1. The zero-order chi connectivity index (χ0) is 26.6.